The van der Waals surface area contributed by atoms with Gasteiger partial charge in [0.1, 0.15) is 11.4 Å². The van der Waals surface area contributed by atoms with E-state index >= 15 is 0 Å². The van der Waals surface area contributed by atoms with Gasteiger partial charge in [-0.1, -0.05) is 46.9 Å². The number of piperazine rings is 1. The molecule has 1 saturated heterocycles. The third-order valence-electron chi connectivity index (χ3n) is 6.16. The summed E-state index contributed by atoms with van der Waals surface area (Å²) in [7, 11) is -0.133. The first-order valence-electron chi connectivity index (χ1n) is 10.6. The molecular weight excluding hydrogens is 517 g/mol. The molecule has 5 rings (SSSR count). The van der Waals surface area contributed by atoms with Crippen molar-refractivity contribution in [3.63, 3.8) is 0 Å². The second kappa shape index (κ2) is 8.77. The second-order valence-electron chi connectivity index (χ2n) is 8.37. The van der Waals surface area contributed by atoms with Gasteiger partial charge in [0.25, 0.3) is 10.0 Å². The fraction of sp³-hybridized carbons (Fsp3) is 0.261. The van der Waals surface area contributed by atoms with Gasteiger partial charge < -0.3 is 9.80 Å². The molecule has 0 saturated carbocycles. The number of fused-ring (bicyclic) bond motifs is 1. The number of aromatic nitrogens is 2. The van der Waals surface area contributed by atoms with Gasteiger partial charge in [0.2, 0.25) is 0 Å². The molecule has 2 aliphatic heterocycles. The molecule has 0 unspecified atom stereocenters. The summed E-state index contributed by atoms with van der Waals surface area (Å²) >= 11 is 18.9. The number of nitrogens with zero attached hydrogens (tertiary/aromatic N) is 5. The Labute approximate surface area is 213 Å². The maximum absolute atomic E-state index is 13.3. The summed E-state index contributed by atoms with van der Waals surface area (Å²) in [5.74, 6) is 0. The Hall–Kier alpha value is -2.23. The van der Waals surface area contributed by atoms with E-state index in [1.54, 1.807) is 42.1 Å². The number of halogens is 3. The van der Waals surface area contributed by atoms with Crippen LogP contribution in [0.15, 0.2) is 47.9 Å². The van der Waals surface area contributed by atoms with Crippen molar-refractivity contribution in [2.75, 3.05) is 44.6 Å². The van der Waals surface area contributed by atoms with Crippen molar-refractivity contribution in [3.05, 3.63) is 68.6 Å². The Morgan fingerprint density at radius 1 is 0.882 bits per heavy atom. The van der Waals surface area contributed by atoms with Crippen LogP contribution < -0.4 is 4.31 Å². The quantitative estimate of drug-likeness (QED) is 0.478. The zero-order chi connectivity index (χ0) is 24.2. The van der Waals surface area contributed by atoms with Crippen LogP contribution in [0.3, 0.4) is 0 Å². The van der Waals surface area contributed by atoms with Crippen LogP contribution in [0.5, 0.6) is 0 Å². The summed E-state index contributed by atoms with van der Waals surface area (Å²) in [4.78, 5) is 4.29. The maximum atomic E-state index is 13.3. The lowest BCUT2D eigenvalue weighted by atomic mass is 10.1. The van der Waals surface area contributed by atoms with Crippen LogP contribution in [0.25, 0.3) is 22.6 Å². The van der Waals surface area contributed by atoms with Crippen LogP contribution >= 0.6 is 34.8 Å². The van der Waals surface area contributed by atoms with Crippen LogP contribution in [-0.2, 0) is 10.0 Å². The monoisotopic (exact) mass is 537 g/mol. The Morgan fingerprint density at radius 2 is 1.53 bits per heavy atom. The molecular formula is C23H22Cl3N5O2S. The lowest BCUT2D eigenvalue weighted by molar-refractivity contribution is 0.207. The van der Waals surface area contributed by atoms with E-state index in [0.717, 1.165) is 18.7 Å². The van der Waals surface area contributed by atoms with Gasteiger partial charge in [-0.2, -0.15) is 5.10 Å². The number of sulfonamides is 1. The lowest BCUT2D eigenvalue weighted by Gasteiger charge is -2.37. The Morgan fingerprint density at radius 3 is 2.18 bits per heavy atom. The average Bonchev–Trinajstić information content (AvgIpc) is 3.18. The zero-order valence-corrected chi connectivity index (χ0v) is 21.6. The Bertz CT molecular complexity index is 1390. The number of anilines is 1. The number of hydrogen-bond donors (Lipinski definition) is 0. The number of rotatable bonds is 3. The second-order valence-corrected chi connectivity index (χ2v) is 11.5. The maximum Gasteiger partial charge on any atom is 0.259 e. The fourth-order valence-electron chi connectivity index (χ4n) is 4.25. The lowest BCUT2D eigenvalue weighted by Crippen LogP contribution is -2.44. The number of hydrogen-bond acceptors (Lipinski definition) is 5. The van der Waals surface area contributed by atoms with Crippen LogP contribution in [-0.4, -0.2) is 68.3 Å². The smallest absolute Gasteiger partial charge is 0.259 e. The highest BCUT2D eigenvalue weighted by Crippen LogP contribution is 2.44. The molecule has 34 heavy (non-hydrogen) atoms. The van der Waals surface area contributed by atoms with Crippen molar-refractivity contribution in [1.29, 1.82) is 0 Å². The van der Waals surface area contributed by atoms with Crippen LogP contribution in [0.2, 0.25) is 15.1 Å². The summed E-state index contributed by atoms with van der Waals surface area (Å²) < 4.78 is 29.5. The molecule has 0 N–H and O–H groups in total. The van der Waals surface area contributed by atoms with Crippen LogP contribution in [0.4, 0.5) is 5.69 Å². The summed E-state index contributed by atoms with van der Waals surface area (Å²) in [5, 5.41) is 7.71. The van der Waals surface area contributed by atoms with Gasteiger partial charge in [-0.15, -0.1) is 0 Å². The van der Waals surface area contributed by atoms with Gasteiger partial charge in [-0.3, -0.25) is 4.31 Å². The van der Waals surface area contributed by atoms with E-state index < -0.39 is 10.0 Å². The van der Waals surface area contributed by atoms with Crippen molar-refractivity contribution < 1.29 is 8.42 Å². The van der Waals surface area contributed by atoms with Gasteiger partial charge >= 0.3 is 0 Å². The minimum atomic E-state index is -3.73. The predicted octanol–water partition coefficient (Wildman–Crippen LogP) is 4.82. The molecule has 2 aromatic carbocycles. The SMILES string of the molecule is CN1CCN(C2=CS(=O)(=O)N(C)c3c2nn(-c2ccc(Cl)cc2Cl)c3-c2ccc(Cl)cc2)CC1. The van der Waals surface area contributed by atoms with E-state index in [-0.39, 0.29) is 0 Å². The van der Waals surface area contributed by atoms with Crippen LogP contribution in [0.1, 0.15) is 5.69 Å². The van der Waals surface area contributed by atoms with Gasteiger partial charge in [0.05, 0.1) is 27.5 Å². The molecule has 0 spiro atoms. The molecule has 3 heterocycles. The van der Waals surface area contributed by atoms with Gasteiger partial charge in [-0.05, 0) is 37.4 Å². The highest BCUT2D eigenvalue weighted by Gasteiger charge is 2.37. The van der Waals surface area contributed by atoms with E-state index in [9.17, 15) is 8.42 Å². The third-order valence-corrected chi connectivity index (χ3v) is 8.42. The van der Waals surface area contributed by atoms with Crippen molar-refractivity contribution in [2.24, 2.45) is 0 Å². The average molecular weight is 539 g/mol. The van der Waals surface area contributed by atoms with Gasteiger partial charge in [-0.25, -0.2) is 13.1 Å². The first-order valence-corrected chi connectivity index (χ1v) is 13.3. The molecule has 11 heteroatoms. The first-order chi connectivity index (χ1) is 16.2. The van der Waals surface area contributed by atoms with E-state index in [1.807, 2.05) is 12.1 Å². The third kappa shape index (κ3) is 4.07. The van der Waals surface area contributed by atoms with Crippen molar-refractivity contribution in [3.8, 4) is 16.9 Å². The molecule has 3 aromatic rings. The van der Waals surface area contributed by atoms with Crippen molar-refractivity contribution in [2.45, 2.75) is 0 Å². The Balaban J connectivity index is 1.79. The number of likely N-dealkylation sites (N-methyl/N-ethyl adjacent to an activating group) is 1. The molecule has 178 valence electrons. The molecule has 7 nitrogen and oxygen atoms in total. The highest BCUT2D eigenvalue weighted by molar-refractivity contribution is 7.95. The van der Waals surface area contributed by atoms with E-state index in [0.29, 0.717) is 56.6 Å². The standard InChI is InChI=1S/C23H22Cl3N5O2S/c1-28-9-11-30(12-10-28)20-14-34(32,33)29(2)23-21(20)27-31(19-8-7-17(25)13-18(19)26)22(23)15-3-5-16(24)6-4-15/h3-8,13-14H,9-12H2,1-2H3. The summed E-state index contributed by atoms with van der Waals surface area (Å²) in [6.07, 6.45) is 0. The Kier molecular flexibility index (Phi) is 6.06. The summed E-state index contributed by atoms with van der Waals surface area (Å²) in [6, 6.07) is 12.4. The molecule has 1 aromatic heterocycles. The van der Waals surface area contributed by atoms with Crippen molar-refractivity contribution in [1.82, 2.24) is 19.6 Å². The highest BCUT2D eigenvalue weighted by atomic mass is 35.5. The predicted molar refractivity (Wildman–Crippen MR) is 138 cm³/mol. The minimum Gasteiger partial charge on any atom is -0.366 e. The molecule has 0 radical (unpaired) electrons. The topological polar surface area (TPSA) is 61.7 Å². The summed E-state index contributed by atoms with van der Waals surface area (Å²) in [5.41, 5.74) is 3.60. The molecule has 0 aliphatic carbocycles. The zero-order valence-electron chi connectivity index (χ0n) is 18.5. The first kappa shape index (κ1) is 23.5. The minimum absolute atomic E-state index is 0.401. The fourth-order valence-corrected chi connectivity index (χ4v) is 5.99. The van der Waals surface area contributed by atoms with E-state index in [2.05, 4.69) is 16.8 Å². The molecule has 0 amide bonds. The van der Waals surface area contributed by atoms with Gasteiger partial charge in [0.15, 0.2) is 0 Å². The van der Waals surface area contributed by atoms with Crippen LogP contribution in [0, 0.1) is 0 Å². The summed E-state index contributed by atoms with van der Waals surface area (Å²) in [6.45, 7) is 3.06. The molecule has 0 atom stereocenters. The normalized spacial score (nSPS) is 18.1. The van der Waals surface area contributed by atoms with Gasteiger partial charge in [0, 0.05) is 48.8 Å². The van der Waals surface area contributed by atoms with E-state index in [4.69, 9.17) is 39.9 Å². The molecule has 1 fully saturated rings. The van der Waals surface area contributed by atoms with E-state index in [1.165, 1.54) is 9.71 Å². The molecule has 0 bridgehead atoms. The molecule has 2 aliphatic rings. The largest absolute Gasteiger partial charge is 0.366 e. The number of benzene rings is 2. The van der Waals surface area contributed by atoms with Crippen molar-refractivity contribution >= 4 is 56.2 Å².